The summed E-state index contributed by atoms with van der Waals surface area (Å²) in [5.74, 6) is 4.68. The van der Waals surface area contributed by atoms with Gasteiger partial charge in [-0.15, -0.1) is 39.7 Å². The predicted molar refractivity (Wildman–Crippen MR) is 234 cm³/mol. The van der Waals surface area contributed by atoms with Gasteiger partial charge in [-0.3, -0.25) is 6.08 Å². The van der Waals surface area contributed by atoms with Crippen molar-refractivity contribution in [1.82, 2.24) is 0 Å². The first-order valence-electron chi connectivity index (χ1n) is 21.1. The van der Waals surface area contributed by atoms with Crippen LogP contribution in [-0.4, -0.2) is 3.21 Å². The van der Waals surface area contributed by atoms with Gasteiger partial charge in [-0.25, -0.2) is 6.08 Å². The van der Waals surface area contributed by atoms with Gasteiger partial charge in [0, 0.05) is 10.8 Å². The van der Waals surface area contributed by atoms with E-state index in [0.717, 1.165) is 23.7 Å². The number of fused-ring (bicyclic) bond motifs is 6. The molecule has 0 amide bonds. The zero-order chi connectivity index (χ0) is 38.6. The molecule has 0 aliphatic heterocycles. The Morgan fingerprint density at radius 2 is 1.19 bits per heavy atom. The molecule has 4 saturated carbocycles. The molecule has 7 aliphatic rings. The second-order valence-electron chi connectivity index (χ2n) is 19.7. The van der Waals surface area contributed by atoms with E-state index in [9.17, 15) is 0 Å². The molecule has 0 N–H and O–H groups in total. The summed E-state index contributed by atoms with van der Waals surface area (Å²) in [4.78, 5) is 0. The summed E-state index contributed by atoms with van der Waals surface area (Å²) in [5, 5.41) is 8.23. The summed E-state index contributed by atoms with van der Waals surface area (Å²) in [6.07, 6.45) is 20.7. The number of halogens is 2. The van der Waals surface area contributed by atoms with Crippen molar-refractivity contribution in [2.24, 2.45) is 35.0 Å². The van der Waals surface area contributed by atoms with Crippen LogP contribution < -0.4 is 24.8 Å². The van der Waals surface area contributed by atoms with Crippen molar-refractivity contribution in [1.29, 1.82) is 0 Å². The third-order valence-electron chi connectivity index (χ3n) is 14.9. The molecule has 57 heavy (non-hydrogen) atoms. The molecule has 5 aromatic carbocycles. The summed E-state index contributed by atoms with van der Waals surface area (Å²) in [5.41, 5.74) is 12.4. The number of hydrogen-bond acceptors (Lipinski definition) is 0. The Bertz CT molecular complexity index is 2410. The van der Waals surface area contributed by atoms with Crippen LogP contribution in [0.25, 0.3) is 43.5 Å². The number of allylic oxidation sites excluding steroid dienone is 8. The minimum Gasteiger partial charge on any atom is -1.00 e. The maximum Gasteiger partial charge on any atom is -1.00 e. The second-order valence-corrected chi connectivity index (χ2v) is 21.6. The third kappa shape index (κ3) is 7.33. The van der Waals surface area contributed by atoms with E-state index in [1.807, 2.05) is 0 Å². The molecule has 1 atom stereocenters. The van der Waals surface area contributed by atoms with Crippen molar-refractivity contribution >= 4 is 46.7 Å². The number of hydrogen-bond donors (Lipinski definition) is 0. The van der Waals surface area contributed by atoms with Crippen LogP contribution in [0.1, 0.15) is 122 Å². The summed E-state index contributed by atoms with van der Waals surface area (Å²) in [6.45, 7) is 20.8. The molecule has 0 saturated heterocycles. The van der Waals surface area contributed by atoms with Crippen LogP contribution in [0, 0.1) is 41.1 Å². The van der Waals surface area contributed by atoms with Gasteiger partial charge in [0.05, 0.1) is 0 Å². The fraction of sp³-hybridized carbons (Fsp3) is 0.407. The van der Waals surface area contributed by atoms with Gasteiger partial charge in [-0.05, 0) is 91.9 Å². The molecule has 1 unspecified atom stereocenters. The standard InChI is InChI=1S/C25H25.C17H23.C12H10.2ClH.Zr/c1-14-12-24(3,4)22-8-16-7-17-9-23-19(15(2)13-25(23,5)6)11-21(17)20(16)10-18(14)22;1-11-3-4-14(5-11)17(2)15-7-12-6-13(9-15)10-16(17)8-12;1-2-10-7-8-11-5-3-4-6-12(11)9-10;;;/h7-13H,1-6H3;4-5,11-13,15-16H,6-10H2,1-2H3;3-9H,1H3;2*1H;/q2*-1;;;;+2/p-2. The minimum atomic E-state index is 0. The van der Waals surface area contributed by atoms with E-state index in [4.69, 9.17) is 0 Å². The van der Waals surface area contributed by atoms with Crippen molar-refractivity contribution in [3.05, 3.63) is 137 Å². The molecule has 12 rings (SSSR count). The van der Waals surface area contributed by atoms with Crippen LogP contribution in [0.5, 0.6) is 0 Å². The van der Waals surface area contributed by atoms with E-state index in [-0.39, 0.29) is 35.6 Å². The molecule has 294 valence electrons. The van der Waals surface area contributed by atoms with E-state index in [1.165, 1.54) is 124 Å². The van der Waals surface area contributed by atoms with Crippen molar-refractivity contribution in [3.63, 3.8) is 0 Å². The fourth-order valence-corrected chi connectivity index (χ4v) is 12.6. The van der Waals surface area contributed by atoms with E-state index in [1.54, 1.807) is 12.0 Å². The summed E-state index contributed by atoms with van der Waals surface area (Å²) >= 11 is 1.50. The summed E-state index contributed by atoms with van der Waals surface area (Å²) in [6, 6.07) is 27.2. The van der Waals surface area contributed by atoms with Crippen molar-refractivity contribution < 1.29 is 49.0 Å². The quantitative estimate of drug-likeness (QED) is 0.157. The molecule has 4 fully saturated rings. The van der Waals surface area contributed by atoms with Crippen molar-refractivity contribution in [2.45, 2.75) is 105 Å². The smallest absolute Gasteiger partial charge is 1.00 e. The SMILES string of the molecule is CC1=CC(C)(C)c2cc3[cH-]c4cc5c(cc4c3cc21)C(C)=CC5(C)C.CC1[C-]=CC(C2(C)C3CC4CC(C3)CC2C4)=C1.C[C](=[Zr+2])c1ccc2ccccc2c1.[Cl-].[Cl-]. The summed E-state index contributed by atoms with van der Waals surface area (Å²) < 4.78 is 1.46. The zero-order valence-electron chi connectivity index (χ0n) is 35.4. The normalized spacial score (nSPS) is 27.6. The third-order valence-corrected chi connectivity index (χ3v) is 15.7. The van der Waals surface area contributed by atoms with Crippen LogP contribution in [-0.2, 0) is 35.1 Å². The van der Waals surface area contributed by atoms with Gasteiger partial charge in [-0.2, -0.15) is 11.6 Å². The predicted octanol–water partition coefficient (Wildman–Crippen LogP) is 8.42. The van der Waals surface area contributed by atoms with Gasteiger partial charge >= 0.3 is 93.2 Å². The number of rotatable bonds is 2. The van der Waals surface area contributed by atoms with E-state index in [2.05, 4.69) is 165 Å². The van der Waals surface area contributed by atoms with Crippen LogP contribution in [0.4, 0.5) is 0 Å². The van der Waals surface area contributed by atoms with Crippen LogP contribution in [0.2, 0.25) is 0 Å². The van der Waals surface area contributed by atoms with Crippen LogP contribution >= 0.6 is 0 Å². The van der Waals surface area contributed by atoms with Crippen LogP contribution in [0.15, 0.2) is 103 Å². The Kier molecular flexibility index (Phi) is 11.5. The molecular weight excluding hydrogens is 811 g/mol. The fourth-order valence-electron chi connectivity index (χ4n) is 12.2. The Morgan fingerprint density at radius 1 is 0.684 bits per heavy atom. The van der Waals surface area contributed by atoms with Gasteiger partial charge < -0.3 is 24.8 Å². The minimum absolute atomic E-state index is 0. The largest absolute Gasteiger partial charge is 1.00 e. The second kappa shape index (κ2) is 15.4. The molecule has 5 aromatic rings. The molecule has 0 radical (unpaired) electrons. The van der Waals surface area contributed by atoms with Crippen molar-refractivity contribution in [3.8, 4) is 0 Å². The van der Waals surface area contributed by atoms with Crippen molar-refractivity contribution in [2.75, 3.05) is 0 Å². The maximum absolute atomic E-state index is 3.49. The van der Waals surface area contributed by atoms with Gasteiger partial charge in [0.25, 0.3) is 0 Å². The average molecular weight is 869 g/mol. The van der Waals surface area contributed by atoms with Crippen LogP contribution in [0.3, 0.4) is 0 Å². The molecule has 0 heterocycles. The van der Waals surface area contributed by atoms with E-state index in [0.29, 0.717) is 11.3 Å². The van der Waals surface area contributed by atoms with Gasteiger partial charge in [0.2, 0.25) is 0 Å². The molecule has 0 nitrogen and oxygen atoms in total. The molecule has 4 bridgehead atoms. The Labute approximate surface area is 369 Å². The summed E-state index contributed by atoms with van der Waals surface area (Å²) in [7, 11) is 0. The molecule has 0 aromatic heterocycles. The van der Waals surface area contributed by atoms with Gasteiger partial charge in [-0.1, -0.05) is 88.3 Å². The Hall–Kier alpha value is -2.70. The maximum atomic E-state index is 3.49. The molecule has 3 heteroatoms. The Morgan fingerprint density at radius 3 is 1.67 bits per heavy atom. The Balaban J connectivity index is 0.000000136. The average Bonchev–Trinajstić information content (AvgIpc) is 3.86. The topological polar surface area (TPSA) is 0 Å². The van der Waals surface area contributed by atoms with Gasteiger partial charge in [0.1, 0.15) is 0 Å². The zero-order valence-corrected chi connectivity index (χ0v) is 39.4. The number of benzene rings is 4. The van der Waals surface area contributed by atoms with Gasteiger partial charge in [0.15, 0.2) is 0 Å². The first kappa shape index (κ1) is 42.4. The molecule has 0 spiro atoms. The first-order chi connectivity index (χ1) is 26.1. The van der Waals surface area contributed by atoms with E-state index >= 15 is 0 Å². The first-order valence-corrected chi connectivity index (χ1v) is 22.3. The molecule has 7 aliphatic carbocycles. The monoisotopic (exact) mass is 866 g/mol. The molecular formula is C54H58Cl2Zr-2. The van der Waals surface area contributed by atoms with E-state index < -0.39 is 0 Å².